The number of nitriles is 1. The summed E-state index contributed by atoms with van der Waals surface area (Å²) in [5, 5.41) is 18.0. The number of rotatable bonds is 5. The van der Waals surface area contributed by atoms with Crippen molar-refractivity contribution in [3.05, 3.63) is 88.5 Å². The van der Waals surface area contributed by atoms with Gasteiger partial charge in [0.05, 0.1) is 22.4 Å². The molecule has 1 aliphatic rings. The summed E-state index contributed by atoms with van der Waals surface area (Å²) in [7, 11) is 0. The molecule has 3 aromatic rings. The second kappa shape index (κ2) is 9.07. The lowest BCUT2D eigenvalue weighted by Crippen LogP contribution is -2.31. The van der Waals surface area contributed by atoms with Crippen molar-refractivity contribution in [1.29, 1.82) is 5.26 Å². The monoisotopic (exact) mass is 427 g/mol. The van der Waals surface area contributed by atoms with Gasteiger partial charge in [-0.25, -0.2) is 0 Å². The van der Waals surface area contributed by atoms with Crippen molar-refractivity contribution < 1.29 is 9.59 Å². The fraction of sp³-hybridized carbons (Fsp3) is 0.160. The fourth-order valence-electron chi connectivity index (χ4n) is 3.67. The summed E-state index contributed by atoms with van der Waals surface area (Å²) in [6.07, 6.45) is 0.220. The smallest absolute Gasteiger partial charge is 0.234 e. The quantitative estimate of drug-likeness (QED) is 0.609. The summed E-state index contributed by atoms with van der Waals surface area (Å²) < 4.78 is 0. The Morgan fingerprint density at radius 2 is 1.87 bits per heavy atom. The highest BCUT2D eigenvalue weighted by atomic mass is 32.2. The van der Waals surface area contributed by atoms with Crippen LogP contribution in [0.2, 0.25) is 0 Å². The van der Waals surface area contributed by atoms with Crippen LogP contribution in [0.15, 0.2) is 77.3 Å². The van der Waals surface area contributed by atoms with E-state index < -0.39 is 0 Å². The Morgan fingerprint density at radius 3 is 2.65 bits per heavy atom. The van der Waals surface area contributed by atoms with Gasteiger partial charge in [0.15, 0.2) is 0 Å². The molecule has 1 unspecified atom stereocenters. The molecule has 2 N–H and O–H groups in total. The molecule has 6 heteroatoms. The number of hydrogen-bond acceptors (Lipinski definition) is 4. The lowest BCUT2D eigenvalue weighted by atomic mass is 9.87. The third-order valence-electron chi connectivity index (χ3n) is 5.25. The van der Waals surface area contributed by atoms with Crippen LogP contribution < -0.4 is 10.6 Å². The number of allylic oxidation sites excluding steroid dienone is 1. The summed E-state index contributed by atoms with van der Waals surface area (Å²) in [5.74, 6) is -0.563. The normalized spacial score (nSPS) is 16.0. The van der Waals surface area contributed by atoms with Crippen LogP contribution in [0.3, 0.4) is 0 Å². The number of carbonyl (C=O) groups is 2. The Kier molecular flexibility index (Phi) is 6.06. The van der Waals surface area contributed by atoms with Crippen LogP contribution in [0, 0.1) is 18.3 Å². The number of hydrogen-bond donors (Lipinski definition) is 2. The number of thioether (sulfide) groups is 1. The zero-order valence-corrected chi connectivity index (χ0v) is 17.8. The minimum Gasteiger partial charge on any atom is -0.325 e. The Bertz CT molecular complexity index is 1220. The molecule has 5 nitrogen and oxygen atoms in total. The SMILES string of the molecule is Cc1ccc(C2CC(=O)NC(SCC(=O)Nc3cccc4ccccc34)=C2C#N)cc1. The third-order valence-corrected chi connectivity index (χ3v) is 6.26. The number of fused-ring (bicyclic) bond motifs is 1. The predicted molar refractivity (Wildman–Crippen MR) is 124 cm³/mol. The van der Waals surface area contributed by atoms with Crippen molar-refractivity contribution in [2.24, 2.45) is 0 Å². The van der Waals surface area contributed by atoms with Crippen LogP contribution in [0.4, 0.5) is 5.69 Å². The zero-order valence-electron chi connectivity index (χ0n) is 17.0. The van der Waals surface area contributed by atoms with Crippen LogP contribution in [-0.2, 0) is 9.59 Å². The van der Waals surface area contributed by atoms with Gasteiger partial charge in [0, 0.05) is 23.4 Å². The highest BCUT2D eigenvalue weighted by Gasteiger charge is 2.29. The van der Waals surface area contributed by atoms with Crippen LogP contribution in [-0.4, -0.2) is 17.6 Å². The van der Waals surface area contributed by atoms with Gasteiger partial charge in [-0.15, -0.1) is 0 Å². The Hall–Kier alpha value is -3.56. The standard InChI is InChI=1S/C25H21N3O2S/c1-16-9-11-18(12-10-16)20-13-23(29)28-25(21(20)14-26)31-15-24(30)27-22-8-4-6-17-5-2-3-7-19(17)22/h2-12,20H,13,15H2,1H3,(H,27,30)(H,28,29). The molecule has 1 aliphatic heterocycles. The molecule has 0 saturated carbocycles. The van der Waals surface area contributed by atoms with Gasteiger partial charge < -0.3 is 10.6 Å². The number of benzene rings is 3. The third kappa shape index (κ3) is 4.62. The van der Waals surface area contributed by atoms with Crippen LogP contribution in [0.25, 0.3) is 10.8 Å². The summed E-state index contributed by atoms with van der Waals surface area (Å²) in [4.78, 5) is 24.9. The molecule has 1 heterocycles. The second-order valence-corrected chi connectivity index (χ2v) is 8.42. The molecule has 31 heavy (non-hydrogen) atoms. The minimum atomic E-state index is -0.303. The van der Waals surface area contributed by atoms with Gasteiger partial charge >= 0.3 is 0 Å². The molecule has 0 saturated heterocycles. The number of aryl methyl sites for hydroxylation is 1. The largest absolute Gasteiger partial charge is 0.325 e. The molecule has 0 aliphatic carbocycles. The number of anilines is 1. The maximum absolute atomic E-state index is 12.6. The van der Waals surface area contributed by atoms with Gasteiger partial charge in [-0.05, 0) is 23.9 Å². The molecule has 2 amide bonds. The van der Waals surface area contributed by atoms with Crippen molar-refractivity contribution >= 4 is 40.0 Å². The molecule has 0 radical (unpaired) electrons. The lowest BCUT2D eigenvalue weighted by Gasteiger charge is -2.25. The van der Waals surface area contributed by atoms with E-state index in [1.807, 2.05) is 73.7 Å². The number of nitrogens with zero attached hydrogens (tertiary/aromatic N) is 1. The Morgan fingerprint density at radius 1 is 1.13 bits per heavy atom. The van der Waals surface area contributed by atoms with Gasteiger partial charge in [0.25, 0.3) is 0 Å². The van der Waals surface area contributed by atoms with Crippen molar-refractivity contribution in [2.75, 3.05) is 11.1 Å². The summed E-state index contributed by atoms with van der Waals surface area (Å²) in [6.45, 7) is 1.99. The fourth-order valence-corrected chi connectivity index (χ4v) is 4.55. The molecule has 0 spiro atoms. The molecule has 4 rings (SSSR count). The van der Waals surface area contributed by atoms with E-state index in [4.69, 9.17) is 0 Å². The van der Waals surface area contributed by atoms with Crippen molar-refractivity contribution in [1.82, 2.24) is 5.32 Å². The van der Waals surface area contributed by atoms with Crippen LogP contribution in [0.1, 0.15) is 23.5 Å². The van der Waals surface area contributed by atoms with Crippen LogP contribution >= 0.6 is 11.8 Å². The Labute approximate surface area is 185 Å². The maximum atomic E-state index is 12.6. The zero-order chi connectivity index (χ0) is 21.8. The topological polar surface area (TPSA) is 82.0 Å². The first-order chi connectivity index (χ1) is 15.0. The molecule has 0 bridgehead atoms. The van der Waals surface area contributed by atoms with Crippen LogP contribution in [0.5, 0.6) is 0 Å². The highest BCUT2D eigenvalue weighted by Crippen LogP contribution is 2.36. The van der Waals surface area contributed by atoms with Gasteiger partial charge in [-0.1, -0.05) is 78.0 Å². The number of carbonyl (C=O) groups excluding carboxylic acids is 2. The first-order valence-corrected chi connectivity index (χ1v) is 10.9. The Balaban J connectivity index is 1.51. The van der Waals surface area contributed by atoms with Gasteiger partial charge in [-0.3, -0.25) is 9.59 Å². The maximum Gasteiger partial charge on any atom is 0.234 e. The van der Waals surface area contributed by atoms with E-state index in [0.717, 1.165) is 27.6 Å². The minimum absolute atomic E-state index is 0.0879. The van der Waals surface area contributed by atoms with Crippen molar-refractivity contribution in [2.45, 2.75) is 19.3 Å². The van der Waals surface area contributed by atoms with E-state index >= 15 is 0 Å². The first kappa shape index (κ1) is 20.7. The van der Waals surface area contributed by atoms with Crippen molar-refractivity contribution in [3.8, 4) is 6.07 Å². The van der Waals surface area contributed by atoms with E-state index in [9.17, 15) is 14.9 Å². The van der Waals surface area contributed by atoms with E-state index in [-0.39, 0.29) is 29.9 Å². The first-order valence-electron chi connectivity index (χ1n) is 9.96. The van der Waals surface area contributed by atoms with E-state index in [0.29, 0.717) is 10.6 Å². The molecule has 154 valence electrons. The van der Waals surface area contributed by atoms with Gasteiger partial charge in [-0.2, -0.15) is 5.26 Å². The van der Waals surface area contributed by atoms with E-state index in [2.05, 4.69) is 16.7 Å². The van der Waals surface area contributed by atoms with Crippen molar-refractivity contribution in [3.63, 3.8) is 0 Å². The summed E-state index contributed by atoms with van der Waals surface area (Å²) in [5.41, 5.74) is 3.27. The number of nitrogens with one attached hydrogen (secondary N) is 2. The summed E-state index contributed by atoms with van der Waals surface area (Å²) >= 11 is 1.18. The van der Waals surface area contributed by atoms with E-state index in [1.165, 1.54) is 11.8 Å². The molecular formula is C25H21N3O2S. The van der Waals surface area contributed by atoms with E-state index in [1.54, 1.807) is 0 Å². The average molecular weight is 428 g/mol. The second-order valence-electron chi connectivity index (χ2n) is 7.43. The molecule has 0 aromatic heterocycles. The predicted octanol–water partition coefficient (Wildman–Crippen LogP) is 4.86. The highest BCUT2D eigenvalue weighted by molar-refractivity contribution is 8.03. The molecular weight excluding hydrogens is 406 g/mol. The average Bonchev–Trinajstić information content (AvgIpc) is 2.78. The molecule has 0 fully saturated rings. The summed E-state index contributed by atoms with van der Waals surface area (Å²) in [6, 6.07) is 23.7. The molecule has 1 atom stereocenters. The van der Waals surface area contributed by atoms with Gasteiger partial charge in [0.2, 0.25) is 11.8 Å². The number of amides is 2. The van der Waals surface area contributed by atoms with Gasteiger partial charge in [0.1, 0.15) is 0 Å². The molecule has 3 aromatic carbocycles. The lowest BCUT2D eigenvalue weighted by molar-refractivity contribution is -0.121.